The Morgan fingerprint density at radius 2 is 2.00 bits per heavy atom. The molecule has 18 heavy (non-hydrogen) atoms. The minimum absolute atomic E-state index is 0.0974. The number of alkyl halides is 3. The molecule has 2 N–H and O–H groups in total. The molecule has 1 aromatic rings. The molecule has 0 saturated carbocycles. The van der Waals surface area contributed by atoms with Crippen LogP contribution in [-0.4, -0.2) is 19.4 Å². The van der Waals surface area contributed by atoms with Gasteiger partial charge < -0.3 is 15.2 Å². The van der Waals surface area contributed by atoms with Crippen molar-refractivity contribution in [3.63, 3.8) is 0 Å². The average Bonchev–Trinajstić information content (AvgIpc) is 2.27. The zero-order valence-corrected chi connectivity index (χ0v) is 9.53. The van der Waals surface area contributed by atoms with Gasteiger partial charge in [-0.3, -0.25) is 4.79 Å². The largest absolute Gasteiger partial charge is 0.573 e. The summed E-state index contributed by atoms with van der Waals surface area (Å²) < 4.78 is 44.7. The maximum Gasteiger partial charge on any atom is 0.573 e. The summed E-state index contributed by atoms with van der Waals surface area (Å²) in [7, 11) is 1.17. The van der Waals surface area contributed by atoms with Crippen LogP contribution in [0.2, 0.25) is 0 Å². The van der Waals surface area contributed by atoms with Gasteiger partial charge in [0.15, 0.2) is 0 Å². The number of rotatable bonds is 4. The number of carbonyl (C=O) groups is 1. The van der Waals surface area contributed by atoms with Gasteiger partial charge in [0.1, 0.15) is 5.75 Å². The van der Waals surface area contributed by atoms with E-state index in [0.717, 1.165) is 6.07 Å². The molecule has 0 spiro atoms. The third-order valence-electron chi connectivity index (χ3n) is 2.16. The van der Waals surface area contributed by atoms with Crippen LogP contribution in [-0.2, 0) is 9.53 Å². The van der Waals surface area contributed by atoms with E-state index < -0.39 is 24.1 Å². The van der Waals surface area contributed by atoms with E-state index >= 15 is 0 Å². The highest BCUT2D eigenvalue weighted by molar-refractivity contribution is 5.70. The van der Waals surface area contributed by atoms with Crippen molar-refractivity contribution in [2.75, 3.05) is 7.11 Å². The van der Waals surface area contributed by atoms with Gasteiger partial charge in [0.05, 0.1) is 13.5 Å². The molecule has 0 aliphatic rings. The maximum absolute atomic E-state index is 12.2. The van der Waals surface area contributed by atoms with Crippen LogP contribution in [0.3, 0.4) is 0 Å². The molecule has 1 aromatic carbocycles. The van der Waals surface area contributed by atoms with Crippen LogP contribution in [0.4, 0.5) is 13.2 Å². The maximum atomic E-state index is 12.2. The summed E-state index contributed by atoms with van der Waals surface area (Å²) in [4.78, 5) is 11.0. The van der Waals surface area contributed by atoms with E-state index in [-0.39, 0.29) is 12.0 Å². The van der Waals surface area contributed by atoms with Crippen molar-refractivity contribution in [2.24, 2.45) is 5.73 Å². The Balaban J connectivity index is 2.91. The van der Waals surface area contributed by atoms with Crippen molar-refractivity contribution in [2.45, 2.75) is 18.8 Å². The summed E-state index contributed by atoms with van der Waals surface area (Å²) >= 11 is 0. The van der Waals surface area contributed by atoms with Gasteiger partial charge in [-0.2, -0.15) is 0 Å². The van der Waals surface area contributed by atoms with Crippen LogP contribution in [0.25, 0.3) is 0 Å². The summed E-state index contributed by atoms with van der Waals surface area (Å²) in [5.41, 5.74) is 5.74. The predicted molar refractivity (Wildman–Crippen MR) is 56.7 cm³/mol. The number of esters is 1. The standard InChI is InChI=1S/C11H12F3NO3/c1-17-10(16)6-8(15)7-4-2-3-5-9(7)18-11(12,13)14/h2-5,8H,6,15H2,1H3/t8-/m1/s1. The highest BCUT2D eigenvalue weighted by Crippen LogP contribution is 2.30. The fourth-order valence-corrected chi connectivity index (χ4v) is 1.38. The zero-order chi connectivity index (χ0) is 13.8. The molecular weight excluding hydrogens is 251 g/mol. The van der Waals surface area contributed by atoms with Gasteiger partial charge in [0, 0.05) is 11.6 Å². The Bertz CT molecular complexity index is 420. The van der Waals surface area contributed by atoms with Crippen molar-refractivity contribution in [1.29, 1.82) is 0 Å². The topological polar surface area (TPSA) is 61.5 Å². The molecule has 0 fully saturated rings. The lowest BCUT2D eigenvalue weighted by Gasteiger charge is -2.17. The van der Waals surface area contributed by atoms with E-state index in [4.69, 9.17) is 5.73 Å². The molecule has 7 heteroatoms. The van der Waals surface area contributed by atoms with E-state index in [1.54, 1.807) is 0 Å². The number of ether oxygens (including phenoxy) is 2. The van der Waals surface area contributed by atoms with Crippen LogP contribution in [0, 0.1) is 0 Å². The van der Waals surface area contributed by atoms with Gasteiger partial charge in [-0.15, -0.1) is 13.2 Å². The van der Waals surface area contributed by atoms with Crippen LogP contribution in [0.5, 0.6) is 5.75 Å². The van der Waals surface area contributed by atoms with Crippen LogP contribution >= 0.6 is 0 Å². The quantitative estimate of drug-likeness (QED) is 0.845. The third-order valence-corrected chi connectivity index (χ3v) is 2.16. The SMILES string of the molecule is COC(=O)C[C@@H](N)c1ccccc1OC(F)(F)F. The van der Waals surface area contributed by atoms with Gasteiger partial charge in [-0.05, 0) is 6.07 Å². The number of hydrogen-bond acceptors (Lipinski definition) is 4. The Hall–Kier alpha value is -1.76. The van der Waals surface area contributed by atoms with Gasteiger partial charge >= 0.3 is 12.3 Å². The molecule has 0 aliphatic heterocycles. The molecule has 0 aromatic heterocycles. The molecule has 0 aliphatic carbocycles. The molecule has 1 rings (SSSR count). The zero-order valence-electron chi connectivity index (χ0n) is 9.53. The molecule has 0 unspecified atom stereocenters. The van der Waals surface area contributed by atoms with Gasteiger partial charge in [0.2, 0.25) is 0 Å². The van der Waals surface area contributed by atoms with Crippen molar-refractivity contribution < 1.29 is 27.4 Å². The first-order valence-electron chi connectivity index (χ1n) is 5.00. The lowest BCUT2D eigenvalue weighted by molar-refractivity contribution is -0.274. The Morgan fingerprint density at radius 3 is 2.56 bits per heavy atom. The average molecular weight is 263 g/mol. The van der Waals surface area contributed by atoms with Gasteiger partial charge in [0.25, 0.3) is 0 Å². The number of para-hydroxylation sites is 1. The van der Waals surface area contributed by atoms with Crippen molar-refractivity contribution in [1.82, 2.24) is 0 Å². The normalized spacial score (nSPS) is 12.9. The number of benzene rings is 1. The molecular formula is C11H12F3NO3. The first-order chi connectivity index (χ1) is 8.33. The molecule has 0 heterocycles. The minimum Gasteiger partial charge on any atom is -0.469 e. The second-order valence-electron chi connectivity index (χ2n) is 3.47. The summed E-state index contributed by atoms with van der Waals surface area (Å²) in [6.07, 6.45) is -5.03. The van der Waals surface area contributed by atoms with Crippen LogP contribution < -0.4 is 10.5 Å². The first-order valence-corrected chi connectivity index (χ1v) is 5.00. The summed E-state index contributed by atoms with van der Waals surface area (Å²) in [6.45, 7) is 0. The number of hydrogen-bond donors (Lipinski definition) is 1. The van der Waals surface area contributed by atoms with Crippen molar-refractivity contribution in [3.05, 3.63) is 29.8 Å². The van der Waals surface area contributed by atoms with Crippen LogP contribution in [0.1, 0.15) is 18.0 Å². The highest BCUT2D eigenvalue weighted by Gasteiger charge is 2.32. The molecule has 0 radical (unpaired) electrons. The fraction of sp³-hybridized carbons (Fsp3) is 0.364. The second-order valence-corrected chi connectivity index (χ2v) is 3.47. The Morgan fingerprint density at radius 1 is 1.39 bits per heavy atom. The smallest absolute Gasteiger partial charge is 0.469 e. The van der Waals surface area contributed by atoms with E-state index in [9.17, 15) is 18.0 Å². The molecule has 4 nitrogen and oxygen atoms in total. The first kappa shape index (κ1) is 14.3. The lowest BCUT2D eigenvalue weighted by atomic mass is 10.0. The van der Waals surface area contributed by atoms with E-state index in [1.807, 2.05) is 0 Å². The molecule has 100 valence electrons. The summed E-state index contributed by atoms with van der Waals surface area (Å²) in [5.74, 6) is -1.02. The molecule has 0 amide bonds. The van der Waals surface area contributed by atoms with Crippen LogP contribution in [0.15, 0.2) is 24.3 Å². The van der Waals surface area contributed by atoms with E-state index in [2.05, 4.69) is 9.47 Å². The number of nitrogens with two attached hydrogens (primary N) is 1. The number of methoxy groups -OCH3 is 1. The Labute approximate surface area is 101 Å². The van der Waals surface area contributed by atoms with Crippen molar-refractivity contribution in [3.8, 4) is 5.75 Å². The van der Waals surface area contributed by atoms with E-state index in [1.165, 1.54) is 25.3 Å². The molecule has 0 saturated heterocycles. The highest BCUT2D eigenvalue weighted by atomic mass is 19.4. The predicted octanol–water partition coefficient (Wildman–Crippen LogP) is 2.15. The molecule has 0 bridgehead atoms. The van der Waals surface area contributed by atoms with Gasteiger partial charge in [-0.1, -0.05) is 18.2 Å². The summed E-state index contributed by atoms with van der Waals surface area (Å²) in [6, 6.07) is 4.48. The number of carbonyl (C=O) groups excluding carboxylic acids is 1. The van der Waals surface area contributed by atoms with Crippen molar-refractivity contribution >= 4 is 5.97 Å². The number of halogens is 3. The molecule has 1 atom stereocenters. The van der Waals surface area contributed by atoms with Gasteiger partial charge in [-0.25, -0.2) is 0 Å². The third kappa shape index (κ3) is 4.25. The van der Waals surface area contributed by atoms with E-state index in [0.29, 0.717) is 0 Å². The summed E-state index contributed by atoms with van der Waals surface area (Å²) in [5, 5.41) is 0. The Kier molecular flexibility index (Phi) is 4.55. The minimum atomic E-state index is -4.80. The second kappa shape index (κ2) is 5.72. The monoisotopic (exact) mass is 263 g/mol. The lowest BCUT2D eigenvalue weighted by Crippen LogP contribution is -2.21. The fourth-order valence-electron chi connectivity index (χ4n) is 1.38.